The van der Waals surface area contributed by atoms with Crippen LogP contribution < -0.4 is 9.80 Å². The Labute approximate surface area is 170 Å². The Morgan fingerprint density at radius 3 is 2.76 bits per heavy atom. The van der Waals surface area contributed by atoms with Crippen LogP contribution in [0.2, 0.25) is 0 Å². The van der Waals surface area contributed by atoms with Gasteiger partial charge in [0.25, 0.3) is 0 Å². The molecular weight excluding hydrogens is 364 g/mol. The predicted octanol–water partition coefficient (Wildman–Crippen LogP) is 3.40. The second kappa shape index (κ2) is 7.09. The van der Waals surface area contributed by atoms with E-state index < -0.39 is 0 Å². The van der Waals surface area contributed by atoms with E-state index in [4.69, 9.17) is 9.97 Å². The first-order chi connectivity index (χ1) is 14.2. The van der Waals surface area contributed by atoms with Crippen LogP contribution in [0.1, 0.15) is 50.9 Å². The van der Waals surface area contributed by atoms with Gasteiger partial charge in [-0.2, -0.15) is 0 Å². The van der Waals surface area contributed by atoms with Crippen molar-refractivity contribution in [3.8, 4) is 17.1 Å². The van der Waals surface area contributed by atoms with Crippen molar-refractivity contribution in [2.45, 2.75) is 51.1 Å². The Kier molecular flexibility index (Phi) is 4.41. The zero-order chi connectivity index (χ0) is 20.0. The van der Waals surface area contributed by atoms with Crippen LogP contribution in [0.5, 0.6) is 0 Å². The van der Waals surface area contributed by atoms with Gasteiger partial charge in [-0.05, 0) is 31.4 Å². The maximum Gasteiger partial charge on any atom is 0.161 e. The molecule has 29 heavy (non-hydrogen) atoms. The topological polar surface area (TPSA) is 75.9 Å². The van der Waals surface area contributed by atoms with E-state index in [1.54, 1.807) is 6.33 Å². The average molecular weight is 390 g/mol. The minimum Gasteiger partial charge on any atom is -0.363 e. The van der Waals surface area contributed by atoms with Crippen LogP contribution >= 0.6 is 0 Å². The SMILES string of the molecule is CCC1c2nncn2-c2cnc(-c3ccnc(N(C)C)c3)nc2N1C1CCCC1. The van der Waals surface area contributed by atoms with Crippen LogP contribution in [0.4, 0.5) is 11.6 Å². The summed E-state index contributed by atoms with van der Waals surface area (Å²) in [6.07, 6.45) is 11.4. The molecule has 0 radical (unpaired) electrons. The molecule has 150 valence electrons. The fourth-order valence-electron chi connectivity index (χ4n) is 4.59. The molecule has 1 fully saturated rings. The van der Waals surface area contributed by atoms with E-state index in [1.807, 2.05) is 43.5 Å². The van der Waals surface area contributed by atoms with Crippen LogP contribution in [0, 0.1) is 0 Å². The van der Waals surface area contributed by atoms with E-state index >= 15 is 0 Å². The third-order valence-electron chi connectivity index (χ3n) is 6.03. The summed E-state index contributed by atoms with van der Waals surface area (Å²) in [7, 11) is 3.97. The lowest BCUT2D eigenvalue weighted by Gasteiger charge is -2.40. The lowest BCUT2D eigenvalue weighted by atomic mass is 10.0. The maximum absolute atomic E-state index is 5.08. The second-order valence-electron chi connectivity index (χ2n) is 8.03. The molecule has 5 rings (SSSR count). The van der Waals surface area contributed by atoms with Crippen LogP contribution in [-0.4, -0.2) is 49.9 Å². The van der Waals surface area contributed by atoms with E-state index in [9.17, 15) is 0 Å². The molecule has 0 amide bonds. The van der Waals surface area contributed by atoms with E-state index in [2.05, 4.69) is 31.6 Å². The van der Waals surface area contributed by atoms with Gasteiger partial charge >= 0.3 is 0 Å². The molecule has 1 saturated carbocycles. The molecule has 0 bridgehead atoms. The maximum atomic E-state index is 5.08. The minimum absolute atomic E-state index is 0.186. The fraction of sp³-hybridized carbons (Fsp3) is 0.476. The summed E-state index contributed by atoms with van der Waals surface area (Å²) in [5.41, 5.74) is 1.94. The van der Waals surface area contributed by atoms with Crippen molar-refractivity contribution in [1.82, 2.24) is 29.7 Å². The standard InChI is InChI=1S/C21H26N8/c1-4-16-21-26-24-13-28(21)17-12-23-19(14-9-10-22-18(11-14)27(2)3)25-20(17)29(16)15-7-5-6-8-15/h9-13,15-16H,4-8H2,1-3H3. The first kappa shape index (κ1) is 18.0. The number of rotatable bonds is 4. The largest absolute Gasteiger partial charge is 0.363 e. The lowest BCUT2D eigenvalue weighted by Crippen LogP contribution is -2.42. The summed E-state index contributed by atoms with van der Waals surface area (Å²) in [5, 5.41) is 8.63. The molecule has 4 heterocycles. The first-order valence-corrected chi connectivity index (χ1v) is 10.4. The molecule has 1 aliphatic heterocycles. The van der Waals surface area contributed by atoms with Gasteiger partial charge in [-0.1, -0.05) is 19.8 Å². The molecular formula is C21H26N8. The number of pyridine rings is 1. The predicted molar refractivity (Wildman–Crippen MR) is 112 cm³/mol. The highest BCUT2D eigenvalue weighted by Crippen LogP contribution is 2.42. The van der Waals surface area contributed by atoms with E-state index in [1.165, 1.54) is 25.7 Å². The van der Waals surface area contributed by atoms with Gasteiger partial charge in [0.05, 0.1) is 12.2 Å². The summed E-state index contributed by atoms with van der Waals surface area (Å²) in [6.45, 7) is 2.21. The zero-order valence-electron chi connectivity index (χ0n) is 17.2. The molecule has 0 N–H and O–H groups in total. The molecule has 8 nitrogen and oxygen atoms in total. The van der Waals surface area contributed by atoms with Crippen LogP contribution in [0.15, 0.2) is 30.9 Å². The number of anilines is 2. The highest BCUT2D eigenvalue weighted by molar-refractivity contribution is 5.67. The molecule has 2 aliphatic rings. The van der Waals surface area contributed by atoms with E-state index in [-0.39, 0.29) is 6.04 Å². The second-order valence-corrected chi connectivity index (χ2v) is 8.03. The molecule has 8 heteroatoms. The monoisotopic (exact) mass is 390 g/mol. The van der Waals surface area contributed by atoms with Gasteiger partial charge in [0.1, 0.15) is 17.8 Å². The Morgan fingerprint density at radius 1 is 1.17 bits per heavy atom. The summed E-state index contributed by atoms with van der Waals surface area (Å²) < 4.78 is 2.05. The van der Waals surface area contributed by atoms with Gasteiger partial charge in [-0.3, -0.25) is 4.57 Å². The van der Waals surface area contributed by atoms with Gasteiger partial charge in [0, 0.05) is 31.9 Å². The quantitative estimate of drug-likeness (QED) is 0.676. The molecule has 3 aromatic heterocycles. The highest BCUT2D eigenvalue weighted by atomic mass is 15.4. The van der Waals surface area contributed by atoms with E-state index in [0.717, 1.165) is 41.0 Å². The summed E-state index contributed by atoms with van der Waals surface area (Å²) >= 11 is 0. The summed E-state index contributed by atoms with van der Waals surface area (Å²) in [5.74, 6) is 3.60. The smallest absolute Gasteiger partial charge is 0.161 e. The van der Waals surface area contributed by atoms with Crippen LogP contribution in [0.3, 0.4) is 0 Å². The van der Waals surface area contributed by atoms with Crippen molar-refractivity contribution in [1.29, 1.82) is 0 Å². The van der Waals surface area contributed by atoms with Crippen molar-refractivity contribution < 1.29 is 0 Å². The number of fused-ring (bicyclic) bond motifs is 3. The fourth-order valence-corrected chi connectivity index (χ4v) is 4.59. The van der Waals surface area contributed by atoms with Gasteiger partial charge < -0.3 is 9.80 Å². The third kappa shape index (κ3) is 2.94. The zero-order valence-corrected chi connectivity index (χ0v) is 17.2. The molecule has 0 spiro atoms. The number of aromatic nitrogens is 6. The van der Waals surface area contributed by atoms with Crippen molar-refractivity contribution >= 4 is 11.6 Å². The van der Waals surface area contributed by atoms with Crippen molar-refractivity contribution in [3.63, 3.8) is 0 Å². The Balaban J connectivity index is 1.66. The molecule has 0 saturated heterocycles. The Bertz CT molecular complexity index is 1020. The molecule has 1 atom stereocenters. The number of hydrogen-bond donors (Lipinski definition) is 0. The average Bonchev–Trinajstić information content (AvgIpc) is 3.44. The van der Waals surface area contributed by atoms with Gasteiger partial charge in [-0.15, -0.1) is 10.2 Å². The minimum atomic E-state index is 0.186. The Morgan fingerprint density at radius 2 is 2.00 bits per heavy atom. The number of hydrogen-bond acceptors (Lipinski definition) is 7. The molecule has 1 aliphatic carbocycles. The number of nitrogens with zero attached hydrogens (tertiary/aromatic N) is 8. The highest BCUT2D eigenvalue weighted by Gasteiger charge is 2.38. The molecule has 0 aromatic carbocycles. The van der Waals surface area contributed by atoms with Crippen molar-refractivity contribution in [2.75, 3.05) is 23.9 Å². The van der Waals surface area contributed by atoms with Crippen LogP contribution in [-0.2, 0) is 0 Å². The van der Waals surface area contributed by atoms with Gasteiger partial charge in [0.2, 0.25) is 0 Å². The first-order valence-electron chi connectivity index (χ1n) is 10.4. The third-order valence-corrected chi connectivity index (χ3v) is 6.03. The molecule has 3 aromatic rings. The van der Waals surface area contributed by atoms with Gasteiger partial charge in [-0.25, -0.2) is 15.0 Å². The summed E-state index contributed by atoms with van der Waals surface area (Å²) in [4.78, 5) is 18.7. The molecule has 1 unspecified atom stereocenters. The van der Waals surface area contributed by atoms with Crippen molar-refractivity contribution in [2.24, 2.45) is 0 Å². The van der Waals surface area contributed by atoms with Crippen molar-refractivity contribution in [3.05, 3.63) is 36.7 Å². The van der Waals surface area contributed by atoms with E-state index in [0.29, 0.717) is 6.04 Å². The lowest BCUT2D eigenvalue weighted by molar-refractivity contribution is 0.469. The Hall–Kier alpha value is -3.03. The normalized spacial score (nSPS) is 18.6. The summed E-state index contributed by atoms with van der Waals surface area (Å²) in [6, 6.07) is 4.68. The van der Waals surface area contributed by atoms with Gasteiger partial charge in [0.15, 0.2) is 17.5 Å². The van der Waals surface area contributed by atoms with Crippen LogP contribution in [0.25, 0.3) is 17.1 Å².